The van der Waals surface area contributed by atoms with E-state index in [0.717, 1.165) is 29.3 Å². The average molecular weight is 419 g/mol. The van der Waals surface area contributed by atoms with Gasteiger partial charge in [-0.05, 0) is 25.0 Å². The first-order valence-electron chi connectivity index (χ1n) is 10.0. The van der Waals surface area contributed by atoms with Gasteiger partial charge in [0.15, 0.2) is 16.6 Å². The number of thiazole rings is 1. The van der Waals surface area contributed by atoms with Crippen LogP contribution in [0.2, 0.25) is 0 Å². The van der Waals surface area contributed by atoms with Crippen molar-refractivity contribution < 1.29 is 9.32 Å². The zero-order chi connectivity index (χ0) is 20.7. The van der Waals surface area contributed by atoms with Crippen LogP contribution in [-0.4, -0.2) is 47.1 Å². The summed E-state index contributed by atoms with van der Waals surface area (Å²) in [6.07, 6.45) is 0. The van der Waals surface area contributed by atoms with Crippen LogP contribution in [0.3, 0.4) is 0 Å². The SMILES string of the molecule is Cc1ccc(C)c2sc(N3CCN(C(=O)c4cc(-c5ccccc5)on4)CC3)nc12. The zero-order valence-electron chi connectivity index (χ0n) is 17.0. The molecule has 0 N–H and O–H groups in total. The van der Waals surface area contributed by atoms with Gasteiger partial charge >= 0.3 is 0 Å². The largest absolute Gasteiger partial charge is 0.355 e. The lowest BCUT2D eigenvalue weighted by molar-refractivity contribution is 0.0736. The van der Waals surface area contributed by atoms with Crippen molar-refractivity contribution in [2.75, 3.05) is 31.1 Å². The van der Waals surface area contributed by atoms with Gasteiger partial charge in [-0.15, -0.1) is 0 Å². The Kier molecular flexibility index (Phi) is 4.75. The van der Waals surface area contributed by atoms with E-state index in [9.17, 15) is 4.79 Å². The highest BCUT2D eigenvalue weighted by molar-refractivity contribution is 7.22. The molecular weight excluding hydrogens is 396 g/mol. The van der Waals surface area contributed by atoms with Gasteiger partial charge in [0.25, 0.3) is 5.91 Å². The van der Waals surface area contributed by atoms with Crippen LogP contribution in [0, 0.1) is 13.8 Å². The summed E-state index contributed by atoms with van der Waals surface area (Å²) in [5.41, 5.74) is 4.81. The third-order valence-corrected chi connectivity index (χ3v) is 6.81. The highest BCUT2D eigenvalue weighted by Crippen LogP contribution is 2.33. The first kappa shape index (κ1) is 18.8. The Bertz CT molecular complexity index is 1170. The Hall–Kier alpha value is -3.19. The molecule has 1 saturated heterocycles. The normalized spacial score (nSPS) is 14.5. The maximum absolute atomic E-state index is 12.9. The van der Waals surface area contributed by atoms with Gasteiger partial charge in [0, 0.05) is 37.8 Å². The Morgan fingerprint density at radius 1 is 1.00 bits per heavy atom. The number of rotatable bonds is 3. The summed E-state index contributed by atoms with van der Waals surface area (Å²) >= 11 is 1.74. The van der Waals surface area contributed by atoms with Gasteiger partial charge in [-0.2, -0.15) is 0 Å². The van der Waals surface area contributed by atoms with Gasteiger partial charge in [-0.3, -0.25) is 4.79 Å². The molecule has 2 aromatic carbocycles. The van der Waals surface area contributed by atoms with Crippen LogP contribution in [0.4, 0.5) is 5.13 Å². The van der Waals surface area contributed by atoms with Crippen molar-refractivity contribution in [3.05, 3.63) is 65.4 Å². The smallest absolute Gasteiger partial charge is 0.276 e. The fourth-order valence-corrected chi connectivity index (χ4v) is 4.92. The predicted octanol–water partition coefficient (Wildman–Crippen LogP) is 4.53. The molecule has 0 aliphatic carbocycles. The van der Waals surface area contributed by atoms with Crippen LogP contribution in [-0.2, 0) is 0 Å². The minimum absolute atomic E-state index is 0.0865. The lowest BCUT2D eigenvalue weighted by Crippen LogP contribution is -2.48. The first-order chi connectivity index (χ1) is 14.6. The van der Waals surface area contributed by atoms with Crippen LogP contribution in [0.5, 0.6) is 0 Å². The van der Waals surface area contributed by atoms with E-state index >= 15 is 0 Å². The molecule has 1 fully saturated rings. The molecule has 1 amide bonds. The molecule has 30 heavy (non-hydrogen) atoms. The number of aromatic nitrogens is 2. The van der Waals surface area contributed by atoms with E-state index in [0.29, 0.717) is 24.5 Å². The number of carbonyl (C=O) groups is 1. The third-order valence-electron chi connectivity index (χ3n) is 5.56. The molecule has 0 atom stereocenters. The average Bonchev–Trinajstić information content (AvgIpc) is 3.45. The van der Waals surface area contributed by atoms with Crippen LogP contribution in [0.1, 0.15) is 21.6 Å². The molecule has 1 aliphatic rings. The molecule has 0 spiro atoms. The van der Waals surface area contributed by atoms with Crippen molar-refractivity contribution >= 4 is 32.6 Å². The van der Waals surface area contributed by atoms with E-state index < -0.39 is 0 Å². The molecule has 0 saturated carbocycles. The van der Waals surface area contributed by atoms with Gasteiger partial charge in [-0.25, -0.2) is 4.98 Å². The predicted molar refractivity (Wildman–Crippen MR) is 119 cm³/mol. The van der Waals surface area contributed by atoms with E-state index in [-0.39, 0.29) is 5.91 Å². The molecule has 0 unspecified atom stereocenters. The second-order valence-corrected chi connectivity index (χ2v) is 8.57. The quantitative estimate of drug-likeness (QED) is 0.489. The second-order valence-electron chi connectivity index (χ2n) is 7.60. The van der Waals surface area contributed by atoms with Crippen molar-refractivity contribution in [2.45, 2.75) is 13.8 Å². The van der Waals surface area contributed by atoms with Gasteiger partial charge in [0.05, 0.1) is 10.2 Å². The molecule has 0 bridgehead atoms. The van der Waals surface area contributed by atoms with E-state index in [1.807, 2.05) is 35.2 Å². The third kappa shape index (κ3) is 3.35. The summed E-state index contributed by atoms with van der Waals surface area (Å²) in [6, 6.07) is 15.7. The Labute approximate surface area is 178 Å². The van der Waals surface area contributed by atoms with Crippen molar-refractivity contribution in [3.63, 3.8) is 0 Å². The molecular formula is C23H22N4O2S. The summed E-state index contributed by atoms with van der Waals surface area (Å²) in [4.78, 5) is 21.9. The fourth-order valence-electron chi connectivity index (χ4n) is 3.76. The summed E-state index contributed by atoms with van der Waals surface area (Å²) in [7, 11) is 0. The number of hydrogen-bond acceptors (Lipinski definition) is 6. The molecule has 0 radical (unpaired) electrons. The molecule has 3 heterocycles. The van der Waals surface area contributed by atoms with Crippen molar-refractivity contribution in [1.82, 2.24) is 15.0 Å². The second kappa shape index (κ2) is 7.57. The number of fused-ring (bicyclic) bond motifs is 1. The molecule has 4 aromatic rings. The van der Waals surface area contributed by atoms with Crippen molar-refractivity contribution in [3.8, 4) is 11.3 Å². The Morgan fingerprint density at radius 3 is 2.47 bits per heavy atom. The number of benzene rings is 2. The Balaban J connectivity index is 1.28. The standard InChI is InChI=1S/C23H22N4O2S/c1-15-8-9-16(2)21-20(15)24-23(30-21)27-12-10-26(11-13-27)22(28)18-14-19(29-25-18)17-6-4-3-5-7-17/h3-9,14H,10-13H2,1-2H3. The van der Waals surface area contributed by atoms with Gasteiger partial charge in [-0.1, -0.05) is 59.0 Å². The topological polar surface area (TPSA) is 62.5 Å². The number of nitrogens with zero attached hydrogens (tertiary/aromatic N) is 4. The molecule has 5 rings (SSSR count). The van der Waals surface area contributed by atoms with E-state index in [1.165, 1.54) is 15.8 Å². The maximum Gasteiger partial charge on any atom is 0.276 e. The lowest BCUT2D eigenvalue weighted by atomic mass is 10.1. The monoisotopic (exact) mass is 418 g/mol. The van der Waals surface area contributed by atoms with E-state index in [4.69, 9.17) is 9.51 Å². The van der Waals surface area contributed by atoms with Gasteiger partial charge < -0.3 is 14.3 Å². The highest BCUT2D eigenvalue weighted by Gasteiger charge is 2.26. The fraction of sp³-hybridized carbons (Fsp3) is 0.261. The summed E-state index contributed by atoms with van der Waals surface area (Å²) in [6.45, 7) is 7.02. The highest BCUT2D eigenvalue weighted by atomic mass is 32.1. The zero-order valence-corrected chi connectivity index (χ0v) is 17.8. The van der Waals surface area contributed by atoms with E-state index in [1.54, 1.807) is 17.4 Å². The lowest BCUT2D eigenvalue weighted by Gasteiger charge is -2.34. The number of anilines is 1. The number of aryl methyl sites for hydroxylation is 2. The minimum atomic E-state index is -0.0865. The Morgan fingerprint density at radius 2 is 1.73 bits per heavy atom. The number of piperazine rings is 1. The molecule has 1 aliphatic heterocycles. The first-order valence-corrected chi connectivity index (χ1v) is 10.8. The van der Waals surface area contributed by atoms with Crippen LogP contribution < -0.4 is 4.90 Å². The van der Waals surface area contributed by atoms with Crippen LogP contribution in [0.15, 0.2) is 53.1 Å². The molecule has 152 valence electrons. The van der Waals surface area contributed by atoms with Gasteiger partial charge in [0.1, 0.15) is 0 Å². The minimum Gasteiger partial charge on any atom is -0.355 e. The molecule has 7 heteroatoms. The van der Waals surface area contributed by atoms with Crippen molar-refractivity contribution in [1.29, 1.82) is 0 Å². The summed E-state index contributed by atoms with van der Waals surface area (Å²) in [5.74, 6) is 0.523. The van der Waals surface area contributed by atoms with E-state index in [2.05, 4.69) is 36.0 Å². The number of amides is 1. The van der Waals surface area contributed by atoms with Crippen molar-refractivity contribution in [2.24, 2.45) is 0 Å². The van der Waals surface area contributed by atoms with Crippen LogP contribution >= 0.6 is 11.3 Å². The maximum atomic E-state index is 12.9. The number of carbonyl (C=O) groups excluding carboxylic acids is 1. The molecule has 2 aromatic heterocycles. The molecule has 6 nitrogen and oxygen atoms in total. The summed E-state index contributed by atoms with van der Waals surface area (Å²) < 4.78 is 6.64. The van der Waals surface area contributed by atoms with Gasteiger partial charge in [0.2, 0.25) is 0 Å². The summed E-state index contributed by atoms with van der Waals surface area (Å²) in [5, 5.41) is 5.03. The van der Waals surface area contributed by atoms with Crippen LogP contribution in [0.25, 0.3) is 21.5 Å². The number of hydrogen-bond donors (Lipinski definition) is 0.